The summed E-state index contributed by atoms with van der Waals surface area (Å²) in [5.74, 6) is 1.54. The summed E-state index contributed by atoms with van der Waals surface area (Å²) >= 11 is 0. The highest BCUT2D eigenvalue weighted by Crippen LogP contribution is 2.32. The molecule has 0 saturated heterocycles. The van der Waals surface area contributed by atoms with Gasteiger partial charge in [-0.15, -0.1) is 0 Å². The van der Waals surface area contributed by atoms with Gasteiger partial charge in [-0.3, -0.25) is 0 Å². The van der Waals surface area contributed by atoms with Crippen LogP contribution in [-0.4, -0.2) is 34.2 Å². The molecular weight excluding hydrogens is 448 g/mol. The standard InChI is InChI=1S/C30H28N4O2/c1-17-23-8-5-19(31-23)15-20-6-9-24(32-20)18(2)26-11-13-28(34-26)30(27-12-10-25(17)33-27)22-16-21(35-3)7-14-29(22)36-4/h5-16,31-34H,1-4H3. The second kappa shape index (κ2) is 8.57. The monoisotopic (exact) mass is 476 g/mol. The second-order valence-electron chi connectivity index (χ2n) is 9.06. The van der Waals surface area contributed by atoms with E-state index in [2.05, 4.69) is 88.4 Å². The van der Waals surface area contributed by atoms with Crippen molar-refractivity contribution in [2.24, 2.45) is 0 Å². The van der Waals surface area contributed by atoms with Crippen LogP contribution in [0, 0.1) is 0 Å². The molecule has 4 aromatic heterocycles. The summed E-state index contributed by atoms with van der Waals surface area (Å²) in [6, 6.07) is 22.8. The van der Waals surface area contributed by atoms with E-state index >= 15 is 0 Å². The van der Waals surface area contributed by atoms with Gasteiger partial charge in [0.15, 0.2) is 0 Å². The van der Waals surface area contributed by atoms with E-state index in [9.17, 15) is 0 Å². The molecule has 4 N–H and O–H groups in total. The average molecular weight is 477 g/mol. The first-order valence-electron chi connectivity index (χ1n) is 11.9. The number of ether oxygens (including phenoxy) is 2. The molecule has 36 heavy (non-hydrogen) atoms. The minimum Gasteiger partial charge on any atom is -0.497 e. The first-order chi connectivity index (χ1) is 17.5. The van der Waals surface area contributed by atoms with Gasteiger partial charge in [0, 0.05) is 55.3 Å². The maximum atomic E-state index is 5.79. The van der Waals surface area contributed by atoms with Crippen molar-refractivity contribution < 1.29 is 9.47 Å². The van der Waals surface area contributed by atoms with Crippen LogP contribution in [0.25, 0.3) is 22.8 Å². The van der Waals surface area contributed by atoms with Crippen LogP contribution >= 0.6 is 0 Å². The molecule has 0 atom stereocenters. The number of hydrogen-bond acceptors (Lipinski definition) is 2. The molecule has 5 heterocycles. The Hall–Kier alpha value is -4.58. The fraction of sp³-hybridized carbons (Fsp3) is 0.133. The van der Waals surface area contributed by atoms with Gasteiger partial charge in [-0.2, -0.15) is 0 Å². The number of fused-ring (bicyclic) bond motifs is 8. The minimum atomic E-state index is 0.767. The Labute approximate surface area is 208 Å². The number of H-pyrrole nitrogens is 4. The van der Waals surface area contributed by atoms with Gasteiger partial charge in [0.05, 0.1) is 14.2 Å². The zero-order valence-corrected chi connectivity index (χ0v) is 20.7. The molecular formula is C30H28N4O2. The van der Waals surface area contributed by atoms with Gasteiger partial charge >= 0.3 is 0 Å². The number of nitrogens with one attached hydrogen (secondary N) is 4. The van der Waals surface area contributed by atoms with Gasteiger partial charge in [-0.05, 0) is 97.8 Å². The second-order valence-corrected chi connectivity index (χ2v) is 9.06. The lowest BCUT2D eigenvalue weighted by Crippen LogP contribution is -2.17. The summed E-state index contributed by atoms with van der Waals surface area (Å²) in [4.78, 5) is 14.4. The van der Waals surface area contributed by atoms with Gasteiger partial charge in [-0.1, -0.05) is 0 Å². The smallest absolute Gasteiger partial charge is 0.127 e. The van der Waals surface area contributed by atoms with Crippen molar-refractivity contribution in [2.75, 3.05) is 14.2 Å². The van der Waals surface area contributed by atoms with Crippen LogP contribution in [0.1, 0.15) is 42.2 Å². The van der Waals surface area contributed by atoms with Gasteiger partial charge in [0.2, 0.25) is 0 Å². The SMILES string of the molecule is COc1ccc(OC)c(C2=c3ccc([nH]3)=C(C)c3ccc([nH]3)C=c3ccc([nH]3)=C(C)c3ccc2[nH]3)c1. The third kappa shape index (κ3) is 3.67. The van der Waals surface area contributed by atoms with Crippen molar-refractivity contribution in [1.29, 1.82) is 0 Å². The molecule has 0 amide bonds. The first-order valence-corrected chi connectivity index (χ1v) is 11.9. The van der Waals surface area contributed by atoms with Crippen LogP contribution in [0.4, 0.5) is 0 Å². The summed E-state index contributed by atoms with van der Waals surface area (Å²) in [6.45, 7) is 4.25. The van der Waals surface area contributed by atoms with Gasteiger partial charge < -0.3 is 29.4 Å². The highest BCUT2D eigenvalue weighted by atomic mass is 16.5. The lowest BCUT2D eigenvalue weighted by molar-refractivity contribution is 0.402. The van der Waals surface area contributed by atoms with Crippen molar-refractivity contribution in [2.45, 2.75) is 13.8 Å². The Kier molecular flexibility index (Phi) is 5.22. The first kappa shape index (κ1) is 21.9. The maximum Gasteiger partial charge on any atom is 0.127 e. The van der Waals surface area contributed by atoms with Crippen LogP contribution in [-0.2, 0) is 0 Å². The minimum absolute atomic E-state index is 0.767. The Morgan fingerprint density at radius 3 is 2.08 bits per heavy atom. The molecule has 1 aliphatic heterocycles. The molecule has 6 rings (SSSR count). The summed E-state index contributed by atoms with van der Waals surface area (Å²) in [5.41, 5.74) is 8.35. The van der Waals surface area contributed by atoms with Gasteiger partial charge in [-0.25, -0.2) is 0 Å². The lowest BCUT2D eigenvalue weighted by atomic mass is 10.0. The van der Waals surface area contributed by atoms with E-state index in [-0.39, 0.29) is 0 Å². The molecule has 180 valence electrons. The molecule has 1 aromatic carbocycles. The molecule has 0 aliphatic carbocycles. The van der Waals surface area contributed by atoms with E-state index in [1.54, 1.807) is 14.2 Å². The highest BCUT2D eigenvalue weighted by molar-refractivity contribution is 5.82. The van der Waals surface area contributed by atoms with E-state index in [1.807, 2.05) is 18.2 Å². The van der Waals surface area contributed by atoms with Crippen molar-refractivity contribution >= 4 is 22.8 Å². The summed E-state index contributed by atoms with van der Waals surface area (Å²) in [7, 11) is 3.37. The molecule has 0 unspecified atom stereocenters. The third-order valence-corrected chi connectivity index (χ3v) is 6.93. The molecule has 0 radical (unpaired) electrons. The fourth-order valence-electron chi connectivity index (χ4n) is 4.85. The number of hydrogen-bond donors (Lipinski definition) is 4. The van der Waals surface area contributed by atoms with Crippen molar-refractivity contribution in [3.05, 3.63) is 116 Å². The Balaban J connectivity index is 1.73. The van der Waals surface area contributed by atoms with E-state index in [4.69, 9.17) is 9.47 Å². The zero-order chi connectivity index (χ0) is 24.8. The fourth-order valence-corrected chi connectivity index (χ4v) is 4.85. The van der Waals surface area contributed by atoms with Crippen molar-refractivity contribution in [1.82, 2.24) is 19.9 Å². The highest BCUT2D eigenvalue weighted by Gasteiger charge is 2.17. The van der Waals surface area contributed by atoms with Gasteiger partial charge in [0.25, 0.3) is 0 Å². The van der Waals surface area contributed by atoms with Gasteiger partial charge in [0.1, 0.15) is 11.5 Å². The number of aromatic nitrogens is 4. The van der Waals surface area contributed by atoms with Crippen LogP contribution < -0.4 is 30.9 Å². The Morgan fingerprint density at radius 1 is 0.583 bits per heavy atom. The third-order valence-electron chi connectivity index (χ3n) is 6.93. The maximum absolute atomic E-state index is 5.79. The normalized spacial score (nSPS) is 13.1. The van der Waals surface area contributed by atoms with Crippen molar-refractivity contribution in [3.63, 3.8) is 0 Å². The number of methoxy groups -OCH3 is 2. The molecule has 0 saturated carbocycles. The number of benzene rings is 1. The van der Waals surface area contributed by atoms with Crippen LogP contribution in [0.2, 0.25) is 0 Å². The number of rotatable bonds is 3. The van der Waals surface area contributed by atoms with Crippen molar-refractivity contribution in [3.8, 4) is 11.5 Å². The molecule has 1 aliphatic rings. The van der Waals surface area contributed by atoms with E-state index in [0.717, 1.165) is 78.0 Å². The molecule has 0 spiro atoms. The predicted molar refractivity (Wildman–Crippen MR) is 143 cm³/mol. The van der Waals surface area contributed by atoms with Crippen LogP contribution in [0.15, 0.2) is 66.7 Å². The Morgan fingerprint density at radius 2 is 1.28 bits per heavy atom. The zero-order valence-electron chi connectivity index (χ0n) is 20.7. The quantitative estimate of drug-likeness (QED) is 0.323. The summed E-state index contributed by atoms with van der Waals surface area (Å²) in [5, 5.41) is 4.14. The lowest BCUT2D eigenvalue weighted by Gasteiger charge is -2.13. The molecule has 8 bridgehead atoms. The van der Waals surface area contributed by atoms with E-state index in [1.165, 1.54) is 0 Å². The Bertz CT molecular complexity index is 1840. The molecule has 0 fully saturated rings. The van der Waals surface area contributed by atoms with Crippen LogP contribution in [0.5, 0.6) is 11.5 Å². The predicted octanol–water partition coefficient (Wildman–Crippen LogP) is 2.84. The molecule has 6 nitrogen and oxygen atoms in total. The topological polar surface area (TPSA) is 81.6 Å². The average Bonchev–Trinajstić information content (AvgIpc) is 3.71. The van der Waals surface area contributed by atoms with E-state index < -0.39 is 0 Å². The molecule has 5 aromatic rings. The van der Waals surface area contributed by atoms with Crippen LogP contribution in [0.3, 0.4) is 0 Å². The summed E-state index contributed by atoms with van der Waals surface area (Å²) < 4.78 is 11.4. The largest absolute Gasteiger partial charge is 0.497 e. The van der Waals surface area contributed by atoms with E-state index in [0.29, 0.717) is 0 Å². The number of aromatic amines is 4. The molecule has 6 heteroatoms. The summed E-state index contributed by atoms with van der Waals surface area (Å²) in [6.07, 6.45) is 2.13.